The van der Waals surface area contributed by atoms with E-state index in [1.54, 1.807) is 13.8 Å². The van der Waals surface area contributed by atoms with E-state index in [1.165, 1.54) is 5.56 Å². The zero-order valence-electron chi connectivity index (χ0n) is 9.94. The molecule has 0 radical (unpaired) electrons. The van der Waals surface area contributed by atoms with E-state index in [-0.39, 0.29) is 6.04 Å². The summed E-state index contributed by atoms with van der Waals surface area (Å²) in [4.78, 5) is 0. The molecular weight excluding hydrogens is 334 g/mol. The summed E-state index contributed by atoms with van der Waals surface area (Å²) in [6, 6.07) is 4.05. The van der Waals surface area contributed by atoms with Crippen molar-refractivity contribution in [1.29, 1.82) is 0 Å². The van der Waals surface area contributed by atoms with Crippen molar-refractivity contribution in [2.45, 2.75) is 39.3 Å². The van der Waals surface area contributed by atoms with Crippen molar-refractivity contribution in [2.75, 3.05) is 5.32 Å². The quantitative estimate of drug-likeness (QED) is 0.860. The Morgan fingerprint density at radius 3 is 2.06 bits per heavy atom. The highest BCUT2D eigenvalue weighted by atomic mass is 79.9. The highest BCUT2D eigenvalue weighted by molar-refractivity contribution is 9.11. The predicted octanol–water partition coefficient (Wildman–Crippen LogP) is 4.09. The maximum atomic E-state index is 9.89. The highest BCUT2D eigenvalue weighted by Gasteiger charge is 2.23. The molecule has 1 rings (SSSR count). The van der Waals surface area contributed by atoms with Crippen molar-refractivity contribution in [3.05, 3.63) is 26.6 Å². The second kappa shape index (κ2) is 5.07. The third kappa shape index (κ3) is 3.47. The van der Waals surface area contributed by atoms with Gasteiger partial charge in [-0.2, -0.15) is 0 Å². The van der Waals surface area contributed by atoms with Gasteiger partial charge in [-0.3, -0.25) is 0 Å². The van der Waals surface area contributed by atoms with Crippen LogP contribution in [0.1, 0.15) is 26.3 Å². The number of halogens is 2. The zero-order valence-corrected chi connectivity index (χ0v) is 13.1. The lowest BCUT2D eigenvalue weighted by atomic mass is 10.0. The van der Waals surface area contributed by atoms with Crippen LogP contribution in [0.15, 0.2) is 21.1 Å². The van der Waals surface area contributed by atoms with Gasteiger partial charge in [-0.15, -0.1) is 0 Å². The molecule has 0 saturated carbocycles. The Hall–Kier alpha value is -0.0600. The lowest BCUT2D eigenvalue weighted by molar-refractivity contribution is 0.0649. The summed E-state index contributed by atoms with van der Waals surface area (Å²) in [5.41, 5.74) is 1.39. The van der Waals surface area contributed by atoms with E-state index in [0.717, 1.165) is 14.6 Å². The average molecular weight is 351 g/mol. The number of benzene rings is 1. The molecule has 0 saturated heterocycles. The monoisotopic (exact) mass is 349 g/mol. The predicted molar refractivity (Wildman–Crippen MR) is 76.0 cm³/mol. The van der Waals surface area contributed by atoms with E-state index < -0.39 is 5.60 Å². The van der Waals surface area contributed by atoms with Crippen LogP contribution in [0.2, 0.25) is 0 Å². The molecule has 0 spiro atoms. The van der Waals surface area contributed by atoms with Crippen LogP contribution < -0.4 is 5.32 Å². The van der Waals surface area contributed by atoms with E-state index in [0.29, 0.717) is 0 Å². The van der Waals surface area contributed by atoms with Gasteiger partial charge in [0, 0.05) is 8.95 Å². The Kier molecular flexibility index (Phi) is 4.43. The first-order valence-corrected chi connectivity index (χ1v) is 6.75. The standard InChI is InChI=1S/C12H17Br2NO/c1-7-5-9(13)11(10(14)6-7)15-8(2)12(3,4)16/h5-6,8,15-16H,1-4H3. The van der Waals surface area contributed by atoms with Crippen LogP contribution in [-0.4, -0.2) is 16.7 Å². The molecule has 1 unspecified atom stereocenters. The molecule has 1 atom stereocenters. The van der Waals surface area contributed by atoms with Crippen molar-refractivity contribution in [3.8, 4) is 0 Å². The van der Waals surface area contributed by atoms with Gasteiger partial charge in [-0.25, -0.2) is 0 Å². The summed E-state index contributed by atoms with van der Waals surface area (Å²) >= 11 is 7.04. The number of anilines is 1. The van der Waals surface area contributed by atoms with Crippen molar-refractivity contribution in [2.24, 2.45) is 0 Å². The molecule has 1 aromatic rings. The van der Waals surface area contributed by atoms with Crippen molar-refractivity contribution >= 4 is 37.5 Å². The van der Waals surface area contributed by atoms with Crippen molar-refractivity contribution in [3.63, 3.8) is 0 Å². The number of rotatable bonds is 3. The fourth-order valence-corrected chi connectivity index (χ4v) is 2.88. The minimum absolute atomic E-state index is 0.0391. The van der Waals surface area contributed by atoms with Crippen molar-refractivity contribution < 1.29 is 5.11 Å². The van der Waals surface area contributed by atoms with Crippen LogP contribution in [0, 0.1) is 6.92 Å². The smallest absolute Gasteiger partial charge is 0.0789 e. The summed E-state index contributed by atoms with van der Waals surface area (Å²) in [7, 11) is 0. The molecule has 0 fully saturated rings. The lowest BCUT2D eigenvalue weighted by Gasteiger charge is -2.28. The Morgan fingerprint density at radius 2 is 1.69 bits per heavy atom. The number of hydrogen-bond acceptors (Lipinski definition) is 2. The summed E-state index contributed by atoms with van der Waals surface area (Å²) in [5, 5.41) is 13.2. The molecule has 0 heterocycles. The molecule has 0 aliphatic heterocycles. The second-order valence-electron chi connectivity index (χ2n) is 4.62. The maximum Gasteiger partial charge on any atom is 0.0789 e. The van der Waals surface area contributed by atoms with Gasteiger partial charge in [0.15, 0.2) is 0 Å². The molecule has 0 aromatic heterocycles. The molecule has 0 aliphatic rings. The molecule has 2 nitrogen and oxygen atoms in total. The Labute approximate surface area is 114 Å². The summed E-state index contributed by atoms with van der Waals surface area (Å²) in [5.74, 6) is 0. The third-order valence-corrected chi connectivity index (χ3v) is 3.86. The minimum Gasteiger partial charge on any atom is -0.388 e. The maximum absolute atomic E-state index is 9.89. The molecule has 90 valence electrons. The molecule has 0 aliphatic carbocycles. The molecule has 0 amide bonds. The fourth-order valence-electron chi connectivity index (χ4n) is 1.23. The number of hydrogen-bond donors (Lipinski definition) is 2. The van der Waals surface area contributed by atoms with E-state index in [1.807, 2.05) is 26.0 Å². The van der Waals surface area contributed by atoms with Crippen LogP contribution in [0.5, 0.6) is 0 Å². The van der Waals surface area contributed by atoms with Gasteiger partial charge in [0.1, 0.15) is 0 Å². The molecule has 2 N–H and O–H groups in total. The Balaban J connectivity index is 2.98. The fraction of sp³-hybridized carbons (Fsp3) is 0.500. The topological polar surface area (TPSA) is 32.3 Å². The first-order valence-electron chi connectivity index (χ1n) is 5.16. The van der Waals surface area contributed by atoms with E-state index in [9.17, 15) is 5.11 Å². The lowest BCUT2D eigenvalue weighted by Crippen LogP contribution is -2.39. The largest absolute Gasteiger partial charge is 0.388 e. The molecule has 4 heteroatoms. The summed E-state index contributed by atoms with van der Waals surface area (Å²) in [6.07, 6.45) is 0. The zero-order chi connectivity index (χ0) is 12.5. The van der Waals surface area contributed by atoms with Gasteiger partial charge >= 0.3 is 0 Å². The molecule has 16 heavy (non-hydrogen) atoms. The van der Waals surface area contributed by atoms with Crippen molar-refractivity contribution in [1.82, 2.24) is 0 Å². The molecule has 0 bridgehead atoms. The van der Waals surface area contributed by atoms with Gasteiger partial charge in [0.25, 0.3) is 0 Å². The van der Waals surface area contributed by atoms with Crippen LogP contribution in [0.25, 0.3) is 0 Å². The molecular formula is C12H17Br2NO. The first-order chi connectivity index (χ1) is 7.21. The van der Waals surface area contributed by atoms with Gasteiger partial charge < -0.3 is 10.4 Å². The van der Waals surface area contributed by atoms with Crippen LogP contribution >= 0.6 is 31.9 Å². The first kappa shape index (κ1) is 14.0. The SMILES string of the molecule is Cc1cc(Br)c(NC(C)C(C)(C)O)c(Br)c1. The minimum atomic E-state index is -0.760. The van der Waals surface area contributed by atoms with Crippen LogP contribution in [-0.2, 0) is 0 Å². The normalized spacial score (nSPS) is 13.7. The van der Waals surface area contributed by atoms with E-state index >= 15 is 0 Å². The van der Waals surface area contributed by atoms with Crippen LogP contribution in [0.3, 0.4) is 0 Å². The van der Waals surface area contributed by atoms with Crippen LogP contribution in [0.4, 0.5) is 5.69 Å². The van der Waals surface area contributed by atoms with Gasteiger partial charge in [-0.05, 0) is 77.3 Å². The second-order valence-corrected chi connectivity index (χ2v) is 6.33. The van der Waals surface area contributed by atoms with E-state index in [4.69, 9.17) is 0 Å². The average Bonchev–Trinajstić information content (AvgIpc) is 2.08. The highest BCUT2D eigenvalue weighted by Crippen LogP contribution is 2.33. The number of nitrogens with one attached hydrogen (secondary N) is 1. The number of aryl methyl sites for hydroxylation is 1. The van der Waals surface area contributed by atoms with E-state index in [2.05, 4.69) is 37.2 Å². The van der Waals surface area contributed by atoms with Gasteiger partial charge in [0.2, 0.25) is 0 Å². The van der Waals surface area contributed by atoms with Gasteiger partial charge in [-0.1, -0.05) is 0 Å². The Bertz CT molecular complexity index is 362. The third-order valence-electron chi connectivity index (χ3n) is 2.61. The number of aliphatic hydroxyl groups is 1. The molecule has 1 aromatic carbocycles. The Morgan fingerprint density at radius 1 is 1.25 bits per heavy atom. The summed E-state index contributed by atoms with van der Waals surface area (Å²) < 4.78 is 1.99. The van der Waals surface area contributed by atoms with Gasteiger partial charge in [0.05, 0.1) is 17.3 Å². The summed E-state index contributed by atoms with van der Waals surface area (Å²) in [6.45, 7) is 7.58.